The maximum Gasteiger partial charge on any atom is 0.0787 e. The van der Waals surface area contributed by atoms with Crippen LogP contribution in [0.2, 0.25) is 0 Å². The second-order valence-corrected chi connectivity index (χ2v) is 2.22. The van der Waals surface area contributed by atoms with E-state index in [9.17, 15) is 0 Å². The minimum atomic E-state index is 1.03. The molecular weight excluding hydrogens is 126 g/mol. The van der Waals surface area contributed by atoms with Gasteiger partial charge in [0.25, 0.3) is 0 Å². The number of aryl methyl sites for hydroxylation is 2. The maximum atomic E-state index is 4.16. The smallest absolute Gasteiger partial charge is 0.0787 e. The molecule has 0 radical (unpaired) electrons. The predicted octanol–water partition coefficient (Wildman–Crippen LogP) is 0.777. The van der Waals surface area contributed by atoms with Gasteiger partial charge in [0.2, 0.25) is 0 Å². The summed E-state index contributed by atoms with van der Waals surface area (Å²) in [6.07, 6.45) is 1.79. The molecule has 0 aromatic carbocycles. The predicted molar refractivity (Wildman–Crippen MR) is 41.5 cm³/mol. The molecule has 0 spiro atoms. The summed E-state index contributed by atoms with van der Waals surface area (Å²) in [4.78, 5) is 3.89. The molecule has 3 heteroatoms. The summed E-state index contributed by atoms with van der Waals surface area (Å²) < 4.78 is 1.81. The molecule has 0 N–H and O–H groups in total. The molecule has 10 heavy (non-hydrogen) atoms. The van der Waals surface area contributed by atoms with Gasteiger partial charge in [0, 0.05) is 20.3 Å². The molecule has 1 heterocycles. The van der Waals surface area contributed by atoms with Gasteiger partial charge in [-0.3, -0.25) is 9.67 Å². The summed E-state index contributed by atoms with van der Waals surface area (Å²) in [6, 6.07) is 1.99. The second kappa shape index (κ2) is 2.64. The summed E-state index contributed by atoms with van der Waals surface area (Å²) in [7, 11) is 3.66. The van der Waals surface area contributed by atoms with Gasteiger partial charge in [-0.2, -0.15) is 5.10 Å². The topological polar surface area (TPSA) is 30.2 Å². The van der Waals surface area contributed by atoms with Crippen molar-refractivity contribution in [1.29, 1.82) is 0 Å². The van der Waals surface area contributed by atoms with E-state index < -0.39 is 0 Å². The Morgan fingerprint density at radius 3 is 2.80 bits per heavy atom. The van der Waals surface area contributed by atoms with Crippen molar-refractivity contribution in [2.75, 3.05) is 7.05 Å². The lowest BCUT2D eigenvalue weighted by Gasteiger charge is -1.89. The van der Waals surface area contributed by atoms with E-state index in [0.717, 1.165) is 11.4 Å². The molecule has 0 amide bonds. The van der Waals surface area contributed by atoms with Gasteiger partial charge in [0.05, 0.1) is 11.4 Å². The summed E-state index contributed by atoms with van der Waals surface area (Å²) >= 11 is 0. The molecule has 0 bridgehead atoms. The molecule has 0 aliphatic carbocycles. The average molecular weight is 137 g/mol. The van der Waals surface area contributed by atoms with Crippen LogP contribution in [0.25, 0.3) is 0 Å². The number of aliphatic imine (C=N–C) groups is 1. The van der Waals surface area contributed by atoms with Gasteiger partial charge < -0.3 is 0 Å². The summed E-state index contributed by atoms with van der Waals surface area (Å²) in [5, 5.41) is 4.16. The highest BCUT2D eigenvalue weighted by atomic mass is 15.3. The zero-order chi connectivity index (χ0) is 7.56. The van der Waals surface area contributed by atoms with Crippen molar-refractivity contribution < 1.29 is 0 Å². The highest BCUT2D eigenvalue weighted by molar-refractivity contribution is 5.77. The van der Waals surface area contributed by atoms with Crippen LogP contribution in [0.4, 0.5) is 0 Å². The molecule has 0 fully saturated rings. The van der Waals surface area contributed by atoms with Crippen molar-refractivity contribution >= 4 is 6.21 Å². The maximum absolute atomic E-state index is 4.16. The lowest BCUT2D eigenvalue weighted by atomic mass is 10.4. The van der Waals surface area contributed by atoms with Crippen LogP contribution in [0.3, 0.4) is 0 Å². The Labute approximate surface area is 60.4 Å². The number of aromatic nitrogens is 2. The third kappa shape index (κ3) is 1.23. The molecular formula is C7H11N3. The summed E-state index contributed by atoms with van der Waals surface area (Å²) in [5.74, 6) is 0. The van der Waals surface area contributed by atoms with E-state index in [0.29, 0.717) is 0 Å². The van der Waals surface area contributed by atoms with E-state index >= 15 is 0 Å². The van der Waals surface area contributed by atoms with Crippen LogP contribution in [-0.2, 0) is 7.05 Å². The van der Waals surface area contributed by atoms with E-state index in [2.05, 4.69) is 10.1 Å². The highest BCUT2D eigenvalue weighted by Crippen LogP contribution is 1.97. The molecule has 0 atom stereocenters. The van der Waals surface area contributed by atoms with Gasteiger partial charge in [-0.05, 0) is 13.0 Å². The van der Waals surface area contributed by atoms with Gasteiger partial charge >= 0.3 is 0 Å². The first-order valence-corrected chi connectivity index (χ1v) is 3.17. The van der Waals surface area contributed by atoms with Crippen LogP contribution in [-0.4, -0.2) is 23.0 Å². The fourth-order valence-electron chi connectivity index (χ4n) is 0.884. The van der Waals surface area contributed by atoms with Crippen LogP contribution in [0.5, 0.6) is 0 Å². The molecule has 54 valence electrons. The molecule has 1 rings (SSSR count). The zero-order valence-corrected chi connectivity index (χ0v) is 6.50. The Balaban J connectivity index is 3.03. The van der Waals surface area contributed by atoms with Gasteiger partial charge in [-0.15, -0.1) is 0 Å². The molecule has 0 unspecified atom stereocenters. The average Bonchev–Trinajstić information content (AvgIpc) is 2.13. The minimum absolute atomic E-state index is 1.03. The lowest BCUT2D eigenvalue weighted by molar-refractivity contribution is 0.751. The first-order valence-electron chi connectivity index (χ1n) is 3.17. The molecule has 0 saturated heterocycles. The summed E-state index contributed by atoms with van der Waals surface area (Å²) in [5.41, 5.74) is 2.07. The molecule has 1 aromatic heterocycles. The SMILES string of the molecule is CN=Cc1cc(C)nn1C. The Morgan fingerprint density at radius 2 is 2.40 bits per heavy atom. The Bertz CT molecular complexity index is 247. The second-order valence-electron chi connectivity index (χ2n) is 2.22. The number of hydrogen-bond acceptors (Lipinski definition) is 2. The lowest BCUT2D eigenvalue weighted by Crippen LogP contribution is -1.96. The molecule has 1 aromatic rings. The van der Waals surface area contributed by atoms with E-state index in [4.69, 9.17) is 0 Å². The van der Waals surface area contributed by atoms with Crippen LogP contribution in [0.15, 0.2) is 11.1 Å². The minimum Gasteiger partial charge on any atom is -0.294 e. The molecule has 0 saturated carbocycles. The Kier molecular flexibility index (Phi) is 1.85. The standard InChI is InChI=1S/C7H11N3/c1-6-4-7(5-8-2)10(3)9-6/h4-5H,1-3H3. The van der Waals surface area contributed by atoms with E-state index in [1.54, 1.807) is 13.3 Å². The van der Waals surface area contributed by atoms with Gasteiger partial charge in [-0.25, -0.2) is 0 Å². The normalized spacial score (nSPS) is 11.1. The van der Waals surface area contributed by atoms with Crippen LogP contribution < -0.4 is 0 Å². The van der Waals surface area contributed by atoms with Crippen LogP contribution in [0.1, 0.15) is 11.4 Å². The van der Waals surface area contributed by atoms with Crippen molar-refractivity contribution in [1.82, 2.24) is 9.78 Å². The first-order chi connectivity index (χ1) is 4.74. The largest absolute Gasteiger partial charge is 0.294 e. The fraction of sp³-hybridized carbons (Fsp3) is 0.429. The van der Waals surface area contributed by atoms with E-state index in [1.165, 1.54) is 0 Å². The highest BCUT2D eigenvalue weighted by Gasteiger charge is 1.95. The van der Waals surface area contributed by atoms with E-state index in [-0.39, 0.29) is 0 Å². The van der Waals surface area contributed by atoms with Crippen molar-refractivity contribution in [2.45, 2.75) is 6.92 Å². The van der Waals surface area contributed by atoms with E-state index in [1.807, 2.05) is 24.7 Å². The van der Waals surface area contributed by atoms with Gasteiger partial charge in [0.15, 0.2) is 0 Å². The summed E-state index contributed by atoms with van der Waals surface area (Å²) in [6.45, 7) is 1.97. The Hall–Kier alpha value is -1.12. The Morgan fingerprint density at radius 1 is 1.70 bits per heavy atom. The number of nitrogens with zero attached hydrogens (tertiary/aromatic N) is 3. The van der Waals surface area contributed by atoms with Crippen molar-refractivity contribution in [3.63, 3.8) is 0 Å². The molecule has 0 aliphatic heterocycles. The third-order valence-corrected chi connectivity index (χ3v) is 1.30. The van der Waals surface area contributed by atoms with Crippen molar-refractivity contribution in [3.05, 3.63) is 17.5 Å². The molecule has 3 nitrogen and oxygen atoms in total. The van der Waals surface area contributed by atoms with Crippen LogP contribution >= 0.6 is 0 Å². The first kappa shape index (κ1) is 6.99. The quantitative estimate of drug-likeness (QED) is 0.526. The van der Waals surface area contributed by atoms with Gasteiger partial charge in [0.1, 0.15) is 0 Å². The number of hydrogen-bond donors (Lipinski definition) is 0. The zero-order valence-electron chi connectivity index (χ0n) is 6.50. The van der Waals surface area contributed by atoms with Crippen LogP contribution in [0, 0.1) is 6.92 Å². The number of rotatable bonds is 1. The third-order valence-electron chi connectivity index (χ3n) is 1.30. The monoisotopic (exact) mass is 137 g/mol. The van der Waals surface area contributed by atoms with Gasteiger partial charge in [-0.1, -0.05) is 0 Å². The fourth-order valence-corrected chi connectivity index (χ4v) is 0.884. The van der Waals surface area contributed by atoms with Crippen molar-refractivity contribution in [3.8, 4) is 0 Å². The van der Waals surface area contributed by atoms with Crippen molar-refractivity contribution in [2.24, 2.45) is 12.0 Å². The molecule has 0 aliphatic rings.